The second-order valence-corrected chi connectivity index (χ2v) is 16.6. The predicted molar refractivity (Wildman–Crippen MR) is 171 cm³/mol. The zero-order valence-corrected chi connectivity index (χ0v) is 28.8. The van der Waals surface area contributed by atoms with Crippen molar-refractivity contribution in [1.82, 2.24) is 19.8 Å². The van der Waals surface area contributed by atoms with Crippen LogP contribution in [-0.4, -0.2) is 92.0 Å². The van der Waals surface area contributed by atoms with Crippen LogP contribution in [-0.2, 0) is 47.0 Å². The summed E-state index contributed by atoms with van der Waals surface area (Å²) in [6.07, 6.45) is 3.97. The van der Waals surface area contributed by atoms with Crippen molar-refractivity contribution in [2.24, 2.45) is 11.3 Å². The highest BCUT2D eigenvalue weighted by molar-refractivity contribution is 7.90. The molecule has 2 saturated carbocycles. The molecular weight excluding hydrogens is 644 g/mol. The van der Waals surface area contributed by atoms with E-state index >= 15 is 0 Å². The van der Waals surface area contributed by atoms with Gasteiger partial charge in [0.15, 0.2) is 11.5 Å². The van der Waals surface area contributed by atoms with E-state index in [1.807, 2.05) is 12.1 Å². The average Bonchev–Trinajstić information content (AvgIpc) is 3.49. The summed E-state index contributed by atoms with van der Waals surface area (Å²) in [6.45, 7) is 6.07. The Morgan fingerprint density at radius 1 is 0.958 bits per heavy atom. The number of carbonyl (C=O) groups excluding carboxylic acids is 4. The lowest BCUT2D eigenvalue weighted by Crippen LogP contribution is -2.61. The topological polar surface area (TPSA) is 170 Å². The highest BCUT2D eigenvalue weighted by Crippen LogP contribution is 2.39. The number of rotatable bonds is 9. The molecular formula is C33H46N4O10S. The second kappa shape index (κ2) is 13.4. The summed E-state index contributed by atoms with van der Waals surface area (Å²) in [5.41, 5.74) is 1.02. The van der Waals surface area contributed by atoms with Gasteiger partial charge in [-0.25, -0.2) is 22.7 Å². The van der Waals surface area contributed by atoms with Gasteiger partial charge < -0.3 is 29.2 Å². The van der Waals surface area contributed by atoms with Crippen LogP contribution in [0.3, 0.4) is 0 Å². The maximum Gasteiger partial charge on any atom is 0.410 e. The molecule has 264 valence electrons. The lowest BCUT2D eigenvalue weighted by Gasteiger charge is -2.37. The smallest absolute Gasteiger partial charge is 0.410 e. The molecule has 4 atom stereocenters. The van der Waals surface area contributed by atoms with Gasteiger partial charge in [-0.05, 0) is 60.3 Å². The number of nitrogens with one attached hydrogen (secondary N) is 2. The molecule has 1 aromatic rings. The fourth-order valence-corrected chi connectivity index (χ4v) is 8.75. The van der Waals surface area contributed by atoms with Crippen molar-refractivity contribution in [3.63, 3.8) is 0 Å². The van der Waals surface area contributed by atoms with Gasteiger partial charge in [0.25, 0.3) is 0 Å². The number of fused-ring (bicyclic) bond motifs is 2. The molecule has 3 aliphatic heterocycles. The van der Waals surface area contributed by atoms with Crippen molar-refractivity contribution in [1.29, 1.82) is 0 Å². The van der Waals surface area contributed by atoms with E-state index in [1.165, 1.54) is 16.9 Å². The molecule has 3 fully saturated rings. The largest absolute Gasteiger partial charge is 0.467 e. The first-order valence-corrected chi connectivity index (χ1v) is 18.4. The van der Waals surface area contributed by atoms with E-state index in [-0.39, 0.29) is 25.7 Å². The molecule has 0 spiro atoms. The number of methoxy groups -OCH3 is 1. The van der Waals surface area contributed by atoms with Crippen molar-refractivity contribution in [2.45, 2.75) is 115 Å². The molecule has 6 rings (SSSR count). The van der Waals surface area contributed by atoms with E-state index in [2.05, 4.69) is 10.0 Å². The Morgan fingerprint density at radius 3 is 2.15 bits per heavy atom. The van der Waals surface area contributed by atoms with Gasteiger partial charge in [0, 0.05) is 19.5 Å². The Hall–Kier alpha value is -3.59. The van der Waals surface area contributed by atoms with Gasteiger partial charge in [0.2, 0.25) is 28.6 Å². The minimum absolute atomic E-state index is 0.0254. The van der Waals surface area contributed by atoms with E-state index in [1.54, 1.807) is 20.8 Å². The molecule has 0 bridgehead atoms. The zero-order chi connectivity index (χ0) is 34.4. The Balaban J connectivity index is 1.16. The summed E-state index contributed by atoms with van der Waals surface area (Å²) in [4.78, 5) is 57.3. The Morgan fingerprint density at radius 2 is 1.58 bits per heavy atom. The molecule has 15 heteroatoms. The number of amides is 3. The normalized spacial score (nSPS) is 23.8. The van der Waals surface area contributed by atoms with Gasteiger partial charge in [0.1, 0.15) is 24.2 Å². The summed E-state index contributed by atoms with van der Waals surface area (Å²) in [6, 6.07) is 0.539. The summed E-state index contributed by atoms with van der Waals surface area (Å²) in [5, 5.41) is 2.37. The molecule has 5 aliphatic rings. The number of sulfonamides is 1. The lowest BCUT2D eigenvalue weighted by atomic mass is 9.82. The molecule has 0 radical (unpaired) electrons. The Labute approximate surface area is 281 Å². The van der Waals surface area contributed by atoms with Crippen LogP contribution >= 0.6 is 0 Å². The number of hydrogen-bond donors (Lipinski definition) is 2. The van der Waals surface area contributed by atoms with Crippen LogP contribution in [0.15, 0.2) is 12.1 Å². The van der Waals surface area contributed by atoms with Gasteiger partial charge in [0.05, 0.1) is 18.9 Å². The third-order valence-electron chi connectivity index (χ3n) is 10.0. The second-order valence-electron chi connectivity index (χ2n) is 14.6. The van der Waals surface area contributed by atoms with Crippen LogP contribution in [0, 0.1) is 11.3 Å². The average molecular weight is 691 g/mol. The molecule has 0 aromatic heterocycles. The first-order valence-electron chi connectivity index (χ1n) is 16.8. The molecule has 2 N–H and O–H groups in total. The van der Waals surface area contributed by atoms with Crippen LogP contribution in [0.2, 0.25) is 0 Å². The monoisotopic (exact) mass is 690 g/mol. The van der Waals surface area contributed by atoms with Gasteiger partial charge in [-0.3, -0.25) is 14.5 Å². The van der Waals surface area contributed by atoms with E-state index < -0.39 is 68.8 Å². The number of hydrogen-bond acceptors (Lipinski definition) is 10. The predicted octanol–water partition coefficient (Wildman–Crippen LogP) is 2.57. The Kier molecular flexibility index (Phi) is 9.55. The number of benzene rings is 1. The summed E-state index contributed by atoms with van der Waals surface area (Å²) in [7, 11) is -2.47. The van der Waals surface area contributed by atoms with Gasteiger partial charge >= 0.3 is 12.1 Å². The highest BCUT2D eigenvalue weighted by atomic mass is 32.2. The van der Waals surface area contributed by atoms with Crippen LogP contribution in [0.5, 0.6) is 11.5 Å². The van der Waals surface area contributed by atoms with E-state index in [0.29, 0.717) is 50.3 Å². The van der Waals surface area contributed by atoms with Crippen molar-refractivity contribution >= 4 is 33.9 Å². The van der Waals surface area contributed by atoms with Crippen molar-refractivity contribution in [3.05, 3.63) is 23.3 Å². The molecule has 1 saturated heterocycles. The van der Waals surface area contributed by atoms with Crippen LogP contribution in [0.4, 0.5) is 4.79 Å². The molecule has 1 aromatic carbocycles. The first kappa shape index (κ1) is 34.3. The Bertz CT molecular complexity index is 1520. The van der Waals surface area contributed by atoms with Gasteiger partial charge in [-0.15, -0.1) is 0 Å². The van der Waals surface area contributed by atoms with E-state index in [9.17, 15) is 27.6 Å². The van der Waals surface area contributed by atoms with Crippen LogP contribution < -0.4 is 19.5 Å². The fourth-order valence-electron chi connectivity index (χ4n) is 7.15. The molecule has 14 nitrogen and oxygen atoms in total. The molecule has 3 heterocycles. The third kappa shape index (κ3) is 7.21. The van der Waals surface area contributed by atoms with Crippen molar-refractivity contribution in [3.8, 4) is 11.5 Å². The van der Waals surface area contributed by atoms with E-state index in [4.69, 9.17) is 18.9 Å². The van der Waals surface area contributed by atoms with E-state index in [0.717, 1.165) is 30.4 Å². The van der Waals surface area contributed by atoms with Crippen molar-refractivity contribution < 1.29 is 46.5 Å². The molecule has 0 unspecified atom stereocenters. The molecule has 48 heavy (non-hydrogen) atoms. The lowest BCUT2D eigenvalue weighted by molar-refractivity contribution is -0.153. The van der Waals surface area contributed by atoms with Crippen LogP contribution in [0.25, 0.3) is 0 Å². The minimum atomic E-state index is -3.69. The highest BCUT2D eigenvalue weighted by Gasteiger charge is 2.48. The minimum Gasteiger partial charge on any atom is -0.467 e. The van der Waals surface area contributed by atoms with Crippen molar-refractivity contribution in [2.75, 3.05) is 20.4 Å². The summed E-state index contributed by atoms with van der Waals surface area (Å²) in [5.74, 6) is -0.714. The number of nitrogens with zero attached hydrogens (tertiary/aromatic N) is 2. The number of likely N-dealkylation sites (tertiary alicyclic amines) is 1. The summed E-state index contributed by atoms with van der Waals surface area (Å²) < 4.78 is 50.4. The molecule has 3 amide bonds. The quantitative estimate of drug-likeness (QED) is 0.367. The zero-order valence-electron chi connectivity index (χ0n) is 28.0. The third-order valence-corrected chi connectivity index (χ3v) is 12.0. The van der Waals surface area contributed by atoms with Gasteiger partial charge in [-0.2, -0.15) is 0 Å². The number of carbonyl (C=O) groups is 4. The SMILES string of the molecule is COC(=O)[C@@H]1C[C@@H](OC(=O)N2Cc3cc4c(cc3C2)OCO4)CN1C(=O)[C@@H](NC(=O)[C@@H](NS(=O)(=O)C1CC1)C1CCCCC1)C(C)(C)C. The summed E-state index contributed by atoms with van der Waals surface area (Å²) >= 11 is 0. The number of ether oxygens (including phenoxy) is 4. The standard InChI is InChI=1S/C33H46N4O10S/c1-33(2,3)28(34-29(38)27(19-8-6-5-7-9-19)35-48(42,43)23-10-11-23)30(39)37-17-22(14-24(37)31(40)44-4)47-32(41)36-15-20-12-25-26(46-18-45-25)13-21(20)16-36/h12-13,19,22-24,27-28,35H,5-11,14-18H2,1-4H3,(H,34,38)/t22-,24+,27+,28-/m1/s1. The molecule has 2 aliphatic carbocycles. The maximum absolute atomic E-state index is 14.3. The number of esters is 1. The van der Waals surface area contributed by atoms with Crippen LogP contribution in [0.1, 0.15) is 83.3 Å². The fraction of sp³-hybridized carbons (Fsp3) is 0.697. The van der Waals surface area contributed by atoms with Gasteiger partial charge in [-0.1, -0.05) is 40.0 Å². The first-order chi connectivity index (χ1) is 22.7. The maximum atomic E-state index is 14.3.